The molecule has 0 unspecified atom stereocenters. The number of methoxy groups -OCH3 is 1. The minimum atomic E-state index is -0.345. The summed E-state index contributed by atoms with van der Waals surface area (Å²) < 4.78 is 11.6. The number of benzene rings is 2. The molecule has 0 radical (unpaired) electrons. The number of anilines is 1. The van der Waals surface area contributed by atoms with E-state index in [0.29, 0.717) is 46.8 Å². The van der Waals surface area contributed by atoms with Gasteiger partial charge in [-0.15, -0.1) is 0 Å². The summed E-state index contributed by atoms with van der Waals surface area (Å²) in [7, 11) is 1.52. The van der Waals surface area contributed by atoms with Gasteiger partial charge in [-0.3, -0.25) is 0 Å². The van der Waals surface area contributed by atoms with Crippen molar-refractivity contribution < 1.29 is 14.3 Å². The van der Waals surface area contributed by atoms with Crippen molar-refractivity contribution in [1.29, 1.82) is 0 Å². The summed E-state index contributed by atoms with van der Waals surface area (Å²) in [6.07, 6.45) is 0.631. The number of carbonyl (C=O) groups excluding carboxylic acids is 1. The molecule has 8 heteroatoms. The lowest BCUT2D eigenvalue weighted by Crippen LogP contribution is -2.30. The highest BCUT2D eigenvalue weighted by Gasteiger charge is 2.08. The largest absolute Gasteiger partial charge is 0.495 e. The van der Waals surface area contributed by atoms with E-state index in [2.05, 4.69) is 26.6 Å². The average Bonchev–Trinajstić information content (AvgIpc) is 2.56. The number of carbonyl (C=O) groups is 1. The van der Waals surface area contributed by atoms with Gasteiger partial charge in [-0.2, -0.15) is 0 Å². The van der Waals surface area contributed by atoms with Crippen molar-refractivity contribution in [1.82, 2.24) is 5.32 Å². The molecule has 0 fully saturated rings. The zero-order valence-corrected chi connectivity index (χ0v) is 16.5. The number of amides is 2. The minimum Gasteiger partial charge on any atom is -0.495 e. The molecule has 0 aromatic heterocycles. The molecule has 2 aromatic rings. The highest BCUT2D eigenvalue weighted by molar-refractivity contribution is 9.10. The number of rotatable bonds is 7. The van der Waals surface area contributed by atoms with Crippen LogP contribution in [0.25, 0.3) is 0 Å². The average molecular weight is 448 g/mol. The van der Waals surface area contributed by atoms with E-state index < -0.39 is 0 Å². The first-order valence-electron chi connectivity index (χ1n) is 7.46. The first kappa shape index (κ1) is 19.7. The molecule has 0 saturated heterocycles. The third-order valence-corrected chi connectivity index (χ3v) is 4.19. The Morgan fingerprint density at radius 3 is 2.64 bits per heavy atom. The molecule has 0 bridgehead atoms. The third kappa shape index (κ3) is 6.30. The first-order valence-corrected chi connectivity index (χ1v) is 9.00. The normalized spacial score (nSPS) is 10.2. The van der Waals surface area contributed by atoms with Gasteiger partial charge in [-0.25, -0.2) is 4.79 Å². The second kappa shape index (κ2) is 9.75. The van der Waals surface area contributed by atoms with Gasteiger partial charge in [-0.05, 0) is 42.8 Å². The van der Waals surface area contributed by atoms with E-state index in [9.17, 15) is 4.79 Å². The Bertz CT molecular complexity index is 744. The van der Waals surface area contributed by atoms with Gasteiger partial charge >= 0.3 is 6.03 Å². The number of urea groups is 1. The molecule has 0 aliphatic carbocycles. The van der Waals surface area contributed by atoms with Crippen molar-refractivity contribution in [2.24, 2.45) is 0 Å². The maximum absolute atomic E-state index is 11.9. The Hall–Kier alpha value is -1.63. The van der Waals surface area contributed by atoms with Crippen LogP contribution in [0.1, 0.15) is 6.42 Å². The van der Waals surface area contributed by atoms with Crippen LogP contribution in [0.3, 0.4) is 0 Å². The van der Waals surface area contributed by atoms with E-state index >= 15 is 0 Å². The summed E-state index contributed by atoms with van der Waals surface area (Å²) in [5, 5.41) is 6.49. The van der Waals surface area contributed by atoms with E-state index in [4.69, 9.17) is 32.7 Å². The standard InChI is InChI=1S/C17H17BrCl2N2O3/c1-24-16-6-4-12(19)10-14(16)22-17(23)21-7-2-8-25-15-5-3-11(18)9-13(15)20/h3-6,9-10H,2,7-8H2,1H3,(H2,21,22,23). The Morgan fingerprint density at radius 2 is 1.92 bits per heavy atom. The molecule has 134 valence electrons. The molecule has 0 aliphatic heterocycles. The van der Waals surface area contributed by atoms with Gasteiger partial charge in [0.2, 0.25) is 0 Å². The lowest BCUT2D eigenvalue weighted by Gasteiger charge is -2.12. The van der Waals surface area contributed by atoms with Gasteiger partial charge in [0, 0.05) is 16.0 Å². The fraction of sp³-hybridized carbons (Fsp3) is 0.235. The number of nitrogens with one attached hydrogen (secondary N) is 2. The van der Waals surface area contributed by atoms with Gasteiger partial charge in [0.05, 0.1) is 24.4 Å². The van der Waals surface area contributed by atoms with E-state index in [-0.39, 0.29) is 6.03 Å². The zero-order valence-electron chi connectivity index (χ0n) is 13.4. The lowest BCUT2D eigenvalue weighted by atomic mass is 10.3. The topological polar surface area (TPSA) is 59.6 Å². The van der Waals surface area contributed by atoms with Crippen molar-refractivity contribution in [3.63, 3.8) is 0 Å². The molecule has 5 nitrogen and oxygen atoms in total. The monoisotopic (exact) mass is 446 g/mol. The maximum Gasteiger partial charge on any atom is 0.319 e. The van der Waals surface area contributed by atoms with Gasteiger partial charge in [0.15, 0.2) is 0 Å². The van der Waals surface area contributed by atoms with Gasteiger partial charge in [0.1, 0.15) is 11.5 Å². The lowest BCUT2D eigenvalue weighted by molar-refractivity contribution is 0.250. The van der Waals surface area contributed by atoms with Crippen molar-refractivity contribution in [2.45, 2.75) is 6.42 Å². The third-order valence-electron chi connectivity index (χ3n) is 3.17. The van der Waals surface area contributed by atoms with Crippen LogP contribution in [0.2, 0.25) is 10.0 Å². The van der Waals surface area contributed by atoms with Gasteiger partial charge < -0.3 is 20.1 Å². The predicted molar refractivity (Wildman–Crippen MR) is 104 cm³/mol. The number of hydrogen-bond donors (Lipinski definition) is 2. The summed E-state index contributed by atoms with van der Waals surface area (Å²) in [4.78, 5) is 11.9. The maximum atomic E-state index is 11.9. The molecule has 0 aliphatic rings. The first-order chi connectivity index (χ1) is 12.0. The molecule has 0 saturated carbocycles. The summed E-state index contributed by atoms with van der Waals surface area (Å²) in [5.41, 5.74) is 0.505. The molecular formula is C17H17BrCl2N2O3. The van der Waals surface area contributed by atoms with Crippen molar-refractivity contribution in [2.75, 3.05) is 25.6 Å². The summed E-state index contributed by atoms with van der Waals surface area (Å²) in [6, 6.07) is 10.1. The number of halogens is 3. The molecule has 2 amide bonds. The Labute approximate surface area is 164 Å². The molecule has 25 heavy (non-hydrogen) atoms. The molecule has 2 rings (SSSR count). The van der Waals surface area contributed by atoms with Gasteiger partial charge in [-0.1, -0.05) is 39.1 Å². The minimum absolute atomic E-state index is 0.345. The molecule has 2 N–H and O–H groups in total. The van der Waals surface area contributed by atoms with E-state index in [1.54, 1.807) is 30.3 Å². The van der Waals surface area contributed by atoms with Gasteiger partial charge in [0.25, 0.3) is 0 Å². The summed E-state index contributed by atoms with van der Waals surface area (Å²) >= 11 is 15.3. The van der Waals surface area contributed by atoms with Crippen molar-refractivity contribution in [3.8, 4) is 11.5 Å². The van der Waals surface area contributed by atoms with Crippen LogP contribution in [-0.4, -0.2) is 26.3 Å². The van der Waals surface area contributed by atoms with Crippen LogP contribution in [0.5, 0.6) is 11.5 Å². The summed E-state index contributed by atoms with van der Waals surface area (Å²) in [6.45, 7) is 0.880. The van der Waals surface area contributed by atoms with Crippen LogP contribution in [-0.2, 0) is 0 Å². The van der Waals surface area contributed by atoms with Crippen LogP contribution < -0.4 is 20.1 Å². The second-order valence-corrected chi connectivity index (χ2v) is 6.76. The summed E-state index contributed by atoms with van der Waals surface area (Å²) in [5.74, 6) is 1.14. The quantitative estimate of drug-likeness (QED) is 0.562. The predicted octanol–water partition coefficient (Wildman–Crippen LogP) is 5.36. The molecule has 0 atom stereocenters. The van der Waals surface area contributed by atoms with Crippen molar-refractivity contribution in [3.05, 3.63) is 50.9 Å². The SMILES string of the molecule is COc1ccc(Cl)cc1NC(=O)NCCCOc1ccc(Br)cc1Cl. The molecule has 0 spiro atoms. The van der Waals surface area contributed by atoms with E-state index in [0.717, 1.165) is 4.47 Å². The number of ether oxygens (including phenoxy) is 2. The Morgan fingerprint density at radius 1 is 1.16 bits per heavy atom. The van der Waals surface area contributed by atoms with Crippen LogP contribution in [0.4, 0.5) is 10.5 Å². The van der Waals surface area contributed by atoms with Crippen LogP contribution in [0, 0.1) is 0 Å². The second-order valence-electron chi connectivity index (χ2n) is 5.00. The molecule has 0 heterocycles. The Kier molecular flexibility index (Phi) is 7.68. The smallest absolute Gasteiger partial charge is 0.319 e. The van der Waals surface area contributed by atoms with Crippen LogP contribution >= 0.6 is 39.1 Å². The zero-order chi connectivity index (χ0) is 18.2. The van der Waals surface area contributed by atoms with Crippen LogP contribution in [0.15, 0.2) is 40.9 Å². The van der Waals surface area contributed by atoms with E-state index in [1.807, 2.05) is 6.07 Å². The fourth-order valence-corrected chi connectivity index (χ4v) is 2.89. The Balaban J connectivity index is 1.73. The molecular weight excluding hydrogens is 431 g/mol. The van der Waals surface area contributed by atoms with E-state index in [1.165, 1.54) is 7.11 Å². The molecule has 2 aromatic carbocycles. The highest BCUT2D eigenvalue weighted by atomic mass is 79.9. The highest BCUT2D eigenvalue weighted by Crippen LogP contribution is 2.28. The number of hydrogen-bond acceptors (Lipinski definition) is 3. The fourth-order valence-electron chi connectivity index (χ4n) is 1.99. The van der Waals surface area contributed by atoms with Crippen molar-refractivity contribution >= 4 is 50.9 Å².